The molecule has 0 bridgehead atoms. The predicted molar refractivity (Wildman–Crippen MR) is 95.2 cm³/mol. The molecular weight excluding hydrogens is 356 g/mol. The molecule has 1 aliphatic rings. The molecule has 4 unspecified atom stereocenters. The number of hydrogen-bond donors (Lipinski definition) is 4. The van der Waals surface area contributed by atoms with Crippen molar-refractivity contribution in [3.63, 3.8) is 0 Å². The third-order valence-corrected chi connectivity index (χ3v) is 5.74. The summed E-state index contributed by atoms with van der Waals surface area (Å²) in [6.45, 7) is 4.23. The van der Waals surface area contributed by atoms with E-state index in [9.17, 15) is 39.6 Å². The summed E-state index contributed by atoms with van der Waals surface area (Å²) in [7, 11) is 0. The van der Waals surface area contributed by atoms with Gasteiger partial charge in [-0.3, -0.25) is 19.2 Å². The van der Waals surface area contributed by atoms with Crippen LogP contribution in [0.15, 0.2) is 0 Å². The highest BCUT2D eigenvalue weighted by molar-refractivity contribution is 5.88. The van der Waals surface area contributed by atoms with Crippen LogP contribution in [0, 0.1) is 29.1 Å². The van der Waals surface area contributed by atoms with Gasteiger partial charge in [-0.05, 0) is 25.2 Å². The van der Waals surface area contributed by atoms with Gasteiger partial charge >= 0.3 is 23.9 Å². The summed E-state index contributed by atoms with van der Waals surface area (Å²) in [5.41, 5.74) is -1.75. The third kappa shape index (κ3) is 5.68. The van der Waals surface area contributed by atoms with E-state index in [4.69, 9.17) is 0 Å². The van der Waals surface area contributed by atoms with Crippen molar-refractivity contribution >= 4 is 23.9 Å². The van der Waals surface area contributed by atoms with Gasteiger partial charge < -0.3 is 20.4 Å². The maximum absolute atomic E-state index is 12.0. The lowest BCUT2D eigenvalue weighted by Gasteiger charge is -2.43. The second-order valence-corrected chi connectivity index (χ2v) is 8.03. The zero-order chi connectivity index (χ0) is 20.8. The Morgan fingerprint density at radius 1 is 0.852 bits per heavy atom. The second kappa shape index (κ2) is 9.71. The van der Waals surface area contributed by atoms with Crippen molar-refractivity contribution < 1.29 is 39.6 Å². The molecule has 1 fully saturated rings. The van der Waals surface area contributed by atoms with Crippen LogP contribution in [-0.2, 0) is 19.2 Å². The van der Waals surface area contributed by atoms with Crippen molar-refractivity contribution in [2.45, 2.75) is 65.2 Å². The van der Waals surface area contributed by atoms with Crippen LogP contribution in [0.1, 0.15) is 65.2 Å². The number of rotatable bonds is 11. The van der Waals surface area contributed by atoms with Crippen LogP contribution in [0.2, 0.25) is 0 Å². The summed E-state index contributed by atoms with van der Waals surface area (Å²) in [6.07, 6.45) is 3.23. The molecule has 0 heterocycles. The number of carboxylic acids is 4. The normalized spacial score (nSPS) is 28.0. The smallest absolute Gasteiger partial charge is 0.310 e. The molecule has 1 saturated carbocycles. The van der Waals surface area contributed by atoms with Gasteiger partial charge in [0.05, 0.1) is 23.2 Å². The van der Waals surface area contributed by atoms with Gasteiger partial charge in [0.25, 0.3) is 0 Å². The minimum Gasteiger partial charge on any atom is -0.481 e. The van der Waals surface area contributed by atoms with Crippen molar-refractivity contribution in [3.05, 3.63) is 0 Å². The highest BCUT2D eigenvalue weighted by Crippen LogP contribution is 2.50. The van der Waals surface area contributed by atoms with Gasteiger partial charge in [0, 0.05) is 0 Å². The highest BCUT2D eigenvalue weighted by Gasteiger charge is 2.58. The largest absolute Gasteiger partial charge is 0.481 e. The molecule has 4 N–H and O–H groups in total. The topological polar surface area (TPSA) is 149 Å². The van der Waals surface area contributed by atoms with Gasteiger partial charge in [-0.15, -0.1) is 0 Å². The number of unbranched alkanes of at least 4 members (excludes halogenated alkanes) is 3. The molecule has 0 spiro atoms. The SMILES string of the molecule is CC(C)CCCCCCC1(C(=O)O)CC(C(=O)O)C(C(=O)O)CC1C(=O)O. The van der Waals surface area contributed by atoms with E-state index < -0.39 is 59.9 Å². The average Bonchev–Trinajstić information content (AvgIpc) is 2.56. The van der Waals surface area contributed by atoms with E-state index in [1.54, 1.807) is 0 Å². The standard InChI is InChI=1S/C19H30O8/c1-11(2)7-5-3-4-6-8-19(18(26)27)10-13(16(22)23)12(15(20)21)9-14(19)17(24)25/h11-14H,3-10H2,1-2H3,(H,20,21)(H,22,23)(H,24,25)(H,26,27). The summed E-state index contributed by atoms with van der Waals surface area (Å²) >= 11 is 0. The quantitative estimate of drug-likeness (QED) is 0.396. The van der Waals surface area contributed by atoms with Crippen LogP contribution in [0.4, 0.5) is 0 Å². The Balaban J connectivity index is 2.98. The minimum absolute atomic E-state index is 0.0388. The molecule has 1 aliphatic carbocycles. The van der Waals surface area contributed by atoms with E-state index >= 15 is 0 Å². The summed E-state index contributed by atoms with van der Waals surface area (Å²) < 4.78 is 0. The van der Waals surface area contributed by atoms with Crippen LogP contribution in [0.5, 0.6) is 0 Å². The van der Waals surface area contributed by atoms with E-state index in [1.165, 1.54) is 0 Å². The fraction of sp³-hybridized carbons (Fsp3) is 0.789. The summed E-state index contributed by atoms with van der Waals surface area (Å²) in [5, 5.41) is 38.0. The fourth-order valence-electron chi connectivity index (χ4n) is 4.16. The predicted octanol–water partition coefficient (Wildman–Crippen LogP) is 2.95. The van der Waals surface area contributed by atoms with Gasteiger partial charge in [0.2, 0.25) is 0 Å². The highest BCUT2D eigenvalue weighted by atomic mass is 16.4. The molecule has 0 aromatic carbocycles. The first kappa shape index (κ1) is 22.9. The molecule has 27 heavy (non-hydrogen) atoms. The molecule has 154 valence electrons. The Labute approximate surface area is 158 Å². The number of carboxylic acid groups (broad SMARTS) is 4. The molecule has 8 nitrogen and oxygen atoms in total. The van der Waals surface area contributed by atoms with Gasteiger partial charge in [-0.25, -0.2) is 0 Å². The van der Waals surface area contributed by atoms with Crippen LogP contribution in [0.3, 0.4) is 0 Å². The van der Waals surface area contributed by atoms with Crippen molar-refractivity contribution in [1.82, 2.24) is 0 Å². The maximum atomic E-state index is 12.0. The molecule has 0 radical (unpaired) electrons. The lowest BCUT2D eigenvalue weighted by atomic mass is 9.57. The van der Waals surface area contributed by atoms with Crippen LogP contribution >= 0.6 is 0 Å². The fourth-order valence-corrected chi connectivity index (χ4v) is 4.16. The third-order valence-electron chi connectivity index (χ3n) is 5.74. The molecule has 8 heteroatoms. The number of hydrogen-bond acceptors (Lipinski definition) is 4. The average molecular weight is 386 g/mol. The first-order valence-electron chi connectivity index (χ1n) is 9.44. The molecule has 4 atom stereocenters. The second-order valence-electron chi connectivity index (χ2n) is 8.03. The zero-order valence-corrected chi connectivity index (χ0v) is 15.9. The maximum Gasteiger partial charge on any atom is 0.310 e. The van der Waals surface area contributed by atoms with E-state index in [0.29, 0.717) is 12.3 Å². The van der Waals surface area contributed by atoms with Gasteiger partial charge in [-0.1, -0.05) is 46.0 Å². The Morgan fingerprint density at radius 2 is 1.41 bits per heavy atom. The van der Waals surface area contributed by atoms with Crippen molar-refractivity contribution in [2.75, 3.05) is 0 Å². The van der Waals surface area contributed by atoms with Crippen LogP contribution < -0.4 is 0 Å². The van der Waals surface area contributed by atoms with E-state index in [-0.39, 0.29) is 6.42 Å². The molecule has 0 amide bonds. The Morgan fingerprint density at radius 3 is 1.85 bits per heavy atom. The van der Waals surface area contributed by atoms with E-state index in [0.717, 1.165) is 25.7 Å². The van der Waals surface area contributed by atoms with Gasteiger partial charge in [-0.2, -0.15) is 0 Å². The number of aliphatic carboxylic acids is 4. The molecule has 1 rings (SSSR count). The Kier molecular flexibility index (Phi) is 8.24. The van der Waals surface area contributed by atoms with Gasteiger partial charge in [0.1, 0.15) is 0 Å². The summed E-state index contributed by atoms with van der Waals surface area (Å²) in [5.74, 6) is -9.18. The molecular formula is C19H30O8. The van der Waals surface area contributed by atoms with Crippen LogP contribution in [-0.4, -0.2) is 44.3 Å². The van der Waals surface area contributed by atoms with Crippen LogP contribution in [0.25, 0.3) is 0 Å². The monoisotopic (exact) mass is 386 g/mol. The van der Waals surface area contributed by atoms with Gasteiger partial charge in [0.15, 0.2) is 0 Å². The van der Waals surface area contributed by atoms with Crippen molar-refractivity contribution in [1.29, 1.82) is 0 Å². The summed E-state index contributed by atoms with van der Waals surface area (Å²) in [6, 6.07) is 0. The molecule has 0 aromatic rings. The molecule has 0 aliphatic heterocycles. The number of carbonyl (C=O) groups is 4. The first-order chi connectivity index (χ1) is 12.5. The Hall–Kier alpha value is -2.12. The first-order valence-corrected chi connectivity index (χ1v) is 9.44. The lowest BCUT2D eigenvalue weighted by Crippen LogP contribution is -2.52. The molecule has 0 saturated heterocycles. The van der Waals surface area contributed by atoms with E-state index in [2.05, 4.69) is 13.8 Å². The summed E-state index contributed by atoms with van der Waals surface area (Å²) in [4.78, 5) is 46.7. The molecule has 0 aromatic heterocycles. The Bertz CT molecular complexity index is 570. The van der Waals surface area contributed by atoms with Crippen molar-refractivity contribution in [3.8, 4) is 0 Å². The lowest BCUT2D eigenvalue weighted by molar-refractivity contribution is -0.178. The van der Waals surface area contributed by atoms with E-state index in [1.807, 2.05) is 0 Å². The van der Waals surface area contributed by atoms with Crippen molar-refractivity contribution in [2.24, 2.45) is 29.1 Å². The zero-order valence-electron chi connectivity index (χ0n) is 15.9. The minimum atomic E-state index is -1.75.